The molecule has 1 aromatic carbocycles. The molecule has 0 saturated carbocycles. The molecule has 0 N–H and O–H groups in total. The fourth-order valence-corrected chi connectivity index (χ4v) is 5.26. The van der Waals surface area contributed by atoms with Gasteiger partial charge >= 0.3 is 12.1 Å². The van der Waals surface area contributed by atoms with Gasteiger partial charge in [0.25, 0.3) is 0 Å². The number of esters is 1. The molecule has 3 heterocycles. The van der Waals surface area contributed by atoms with Crippen LogP contribution < -0.4 is 0 Å². The van der Waals surface area contributed by atoms with Gasteiger partial charge in [-0.05, 0) is 62.9 Å². The van der Waals surface area contributed by atoms with Crippen LogP contribution in [0.2, 0.25) is 0 Å². The summed E-state index contributed by atoms with van der Waals surface area (Å²) in [6.07, 6.45) is -0.0318. The Labute approximate surface area is 222 Å². The highest BCUT2D eigenvalue weighted by Crippen LogP contribution is 2.33. The van der Waals surface area contributed by atoms with Crippen molar-refractivity contribution in [1.82, 2.24) is 19.7 Å². The van der Waals surface area contributed by atoms with Crippen LogP contribution in [0.15, 0.2) is 52.2 Å². The maximum absolute atomic E-state index is 13.3. The zero-order valence-electron chi connectivity index (χ0n) is 20.9. The highest BCUT2D eigenvalue weighted by Gasteiger charge is 2.31. The van der Waals surface area contributed by atoms with E-state index in [2.05, 4.69) is 10.2 Å². The number of halogens is 3. The van der Waals surface area contributed by atoms with Crippen molar-refractivity contribution in [1.29, 1.82) is 0 Å². The number of hydrogen-bond donors (Lipinski definition) is 0. The van der Waals surface area contributed by atoms with E-state index in [0.29, 0.717) is 74.3 Å². The predicted octanol–water partition coefficient (Wildman–Crippen LogP) is 5.61. The minimum absolute atomic E-state index is 0.0598. The molecule has 204 valence electrons. The lowest BCUT2D eigenvalue weighted by molar-refractivity contribution is -0.151. The van der Waals surface area contributed by atoms with Gasteiger partial charge in [0.1, 0.15) is 0 Å². The van der Waals surface area contributed by atoms with Gasteiger partial charge in [-0.1, -0.05) is 17.8 Å². The Morgan fingerprint density at radius 2 is 1.92 bits per heavy atom. The van der Waals surface area contributed by atoms with Gasteiger partial charge in [-0.2, -0.15) is 13.2 Å². The van der Waals surface area contributed by atoms with Crippen molar-refractivity contribution in [3.63, 3.8) is 0 Å². The second-order valence-electron chi connectivity index (χ2n) is 8.88. The number of rotatable bonds is 10. The Morgan fingerprint density at radius 3 is 2.61 bits per heavy atom. The van der Waals surface area contributed by atoms with Crippen LogP contribution in [0.1, 0.15) is 44.6 Å². The van der Waals surface area contributed by atoms with Crippen molar-refractivity contribution in [3.05, 3.63) is 48.2 Å². The van der Waals surface area contributed by atoms with E-state index in [0.717, 1.165) is 12.1 Å². The molecule has 0 bridgehead atoms. The second-order valence-corrected chi connectivity index (χ2v) is 9.94. The average Bonchev–Trinajstić information content (AvgIpc) is 3.58. The summed E-state index contributed by atoms with van der Waals surface area (Å²) in [5.41, 5.74) is -0.491. The lowest BCUT2D eigenvalue weighted by atomic mass is 9.96. The molecule has 3 aromatic rings. The molecule has 0 unspecified atom stereocenters. The summed E-state index contributed by atoms with van der Waals surface area (Å²) in [5.74, 6) is 1.02. The predicted molar refractivity (Wildman–Crippen MR) is 135 cm³/mol. The minimum atomic E-state index is -4.48. The number of carbonyl (C=O) groups is 2. The highest BCUT2D eigenvalue weighted by atomic mass is 32.2. The van der Waals surface area contributed by atoms with Crippen LogP contribution in [-0.2, 0) is 20.5 Å². The molecule has 0 atom stereocenters. The fourth-order valence-electron chi connectivity index (χ4n) is 4.31. The summed E-state index contributed by atoms with van der Waals surface area (Å²) in [5, 5.41) is 8.80. The first kappa shape index (κ1) is 27.7. The van der Waals surface area contributed by atoms with Crippen molar-refractivity contribution in [2.75, 3.05) is 25.4 Å². The van der Waals surface area contributed by atoms with Gasteiger partial charge in [0.2, 0.25) is 11.7 Å². The van der Waals surface area contributed by atoms with Gasteiger partial charge in [0, 0.05) is 25.3 Å². The second kappa shape index (κ2) is 12.5. The average molecular weight is 551 g/mol. The molecule has 1 aliphatic heterocycles. The summed E-state index contributed by atoms with van der Waals surface area (Å²) in [4.78, 5) is 26.3. The van der Waals surface area contributed by atoms with E-state index in [1.165, 1.54) is 24.1 Å². The summed E-state index contributed by atoms with van der Waals surface area (Å²) in [6, 6.07) is 8.33. The van der Waals surface area contributed by atoms with Crippen molar-refractivity contribution >= 4 is 23.6 Å². The fraction of sp³-hybridized carbons (Fsp3) is 0.462. The number of aromatic nitrogens is 3. The Kier molecular flexibility index (Phi) is 9.13. The SMILES string of the molecule is CCOC(=O)C1CCN(C(=O)CCCCSc2nnc(-c3ccco3)n2-c2cccc(C(F)(F)F)c2)CC1. The van der Waals surface area contributed by atoms with E-state index < -0.39 is 11.7 Å². The summed E-state index contributed by atoms with van der Waals surface area (Å²) in [7, 11) is 0. The Balaban J connectivity index is 1.33. The zero-order chi connectivity index (χ0) is 27.1. The van der Waals surface area contributed by atoms with Crippen LogP contribution in [0.5, 0.6) is 0 Å². The molecule has 1 aliphatic rings. The number of furan rings is 1. The third kappa shape index (κ3) is 6.77. The minimum Gasteiger partial charge on any atom is -0.466 e. The number of amides is 1. The topological polar surface area (TPSA) is 90.5 Å². The van der Waals surface area contributed by atoms with Gasteiger partial charge in [0.15, 0.2) is 10.9 Å². The smallest absolute Gasteiger partial charge is 0.416 e. The number of unbranched alkanes of at least 4 members (excludes halogenated alkanes) is 1. The highest BCUT2D eigenvalue weighted by molar-refractivity contribution is 7.99. The van der Waals surface area contributed by atoms with Crippen LogP contribution >= 0.6 is 11.8 Å². The van der Waals surface area contributed by atoms with Gasteiger partial charge in [0.05, 0.1) is 30.0 Å². The molecule has 1 fully saturated rings. The molecule has 1 amide bonds. The number of hydrogen-bond acceptors (Lipinski definition) is 7. The number of thioether (sulfide) groups is 1. The van der Waals surface area contributed by atoms with Crippen LogP contribution in [0, 0.1) is 5.92 Å². The first-order valence-electron chi connectivity index (χ1n) is 12.5. The number of piperidine rings is 1. The molecule has 8 nitrogen and oxygen atoms in total. The van der Waals surface area contributed by atoms with Crippen LogP contribution in [0.25, 0.3) is 17.3 Å². The number of ether oxygens (including phenoxy) is 1. The molecule has 4 rings (SSSR count). The van der Waals surface area contributed by atoms with Crippen LogP contribution in [0.3, 0.4) is 0 Å². The third-order valence-corrected chi connectivity index (χ3v) is 7.31. The Bertz CT molecular complexity index is 1220. The number of alkyl halides is 3. The maximum atomic E-state index is 13.3. The lowest BCUT2D eigenvalue weighted by Crippen LogP contribution is -2.40. The zero-order valence-corrected chi connectivity index (χ0v) is 21.8. The largest absolute Gasteiger partial charge is 0.466 e. The molecule has 0 radical (unpaired) electrons. The number of carbonyl (C=O) groups excluding carboxylic acids is 2. The summed E-state index contributed by atoms with van der Waals surface area (Å²) >= 11 is 1.36. The van der Waals surface area contributed by atoms with Crippen molar-refractivity contribution in [3.8, 4) is 17.3 Å². The molecule has 1 saturated heterocycles. The third-order valence-electron chi connectivity index (χ3n) is 6.29. The molecular weight excluding hydrogens is 521 g/mol. The molecule has 0 aliphatic carbocycles. The van der Waals surface area contributed by atoms with E-state index in [1.54, 1.807) is 34.6 Å². The van der Waals surface area contributed by atoms with Gasteiger partial charge in [-0.3, -0.25) is 14.2 Å². The van der Waals surface area contributed by atoms with Crippen LogP contribution in [-0.4, -0.2) is 57.0 Å². The van der Waals surface area contributed by atoms with E-state index in [-0.39, 0.29) is 23.5 Å². The molecule has 2 aromatic heterocycles. The Morgan fingerprint density at radius 1 is 1.13 bits per heavy atom. The van der Waals surface area contributed by atoms with Gasteiger partial charge < -0.3 is 14.1 Å². The maximum Gasteiger partial charge on any atom is 0.416 e. The number of nitrogens with zero attached hydrogens (tertiary/aromatic N) is 4. The normalized spacial score (nSPS) is 14.6. The van der Waals surface area contributed by atoms with Crippen molar-refractivity contribution < 1.29 is 31.9 Å². The van der Waals surface area contributed by atoms with Gasteiger partial charge in [-0.15, -0.1) is 10.2 Å². The summed E-state index contributed by atoms with van der Waals surface area (Å²) < 4.78 is 52.1. The first-order chi connectivity index (χ1) is 18.3. The van der Waals surface area contributed by atoms with E-state index >= 15 is 0 Å². The lowest BCUT2D eigenvalue weighted by Gasteiger charge is -2.31. The number of likely N-dealkylation sites (tertiary alicyclic amines) is 1. The number of benzene rings is 1. The standard InChI is InChI=1S/C26H29F3N4O4S/c1-2-36-24(35)18-11-13-32(14-12-18)22(34)10-3-4-16-38-25-31-30-23(21-9-6-15-37-21)33(25)20-8-5-7-19(17-20)26(27,28)29/h5-9,15,17-18H,2-4,10-14,16H2,1H3. The monoisotopic (exact) mass is 550 g/mol. The van der Waals surface area contributed by atoms with E-state index in [4.69, 9.17) is 9.15 Å². The first-order valence-corrected chi connectivity index (χ1v) is 13.5. The van der Waals surface area contributed by atoms with E-state index in [9.17, 15) is 22.8 Å². The van der Waals surface area contributed by atoms with Crippen molar-refractivity contribution in [2.24, 2.45) is 5.92 Å². The molecular formula is C26H29F3N4O4S. The van der Waals surface area contributed by atoms with Crippen molar-refractivity contribution in [2.45, 2.75) is 50.4 Å². The Hall–Kier alpha value is -3.28. The molecule has 12 heteroatoms. The summed E-state index contributed by atoms with van der Waals surface area (Å²) in [6.45, 7) is 3.23. The van der Waals surface area contributed by atoms with Gasteiger partial charge in [-0.25, -0.2) is 0 Å². The molecule has 0 spiro atoms. The molecule has 38 heavy (non-hydrogen) atoms. The van der Waals surface area contributed by atoms with E-state index in [1.807, 2.05) is 0 Å². The quantitative estimate of drug-likeness (QED) is 0.184. The van der Waals surface area contributed by atoms with Crippen LogP contribution in [0.4, 0.5) is 13.2 Å².